The summed E-state index contributed by atoms with van der Waals surface area (Å²) in [7, 11) is 2.74. The van der Waals surface area contributed by atoms with E-state index in [-0.39, 0.29) is 22.8 Å². The van der Waals surface area contributed by atoms with Gasteiger partial charge in [0.05, 0.1) is 20.8 Å². The Hall–Kier alpha value is -3.95. The number of hydrogen-bond donors (Lipinski definition) is 3. The molecule has 0 radical (unpaired) electrons. The zero-order chi connectivity index (χ0) is 24.9. The van der Waals surface area contributed by atoms with E-state index in [1.54, 1.807) is 24.3 Å². The lowest BCUT2D eigenvalue weighted by Crippen LogP contribution is -2.41. The fourth-order valence-electron chi connectivity index (χ4n) is 2.98. The molecule has 0 unspecified atom stereocenters. The molecule has 0 saturated carbocycles. The molecule has 2 aromatic rings. The average molecular weight is 474 g/mol. The van der Waals surface area contributed by atoms with Crippen LogP contribution in [-0.2, 0) is 4.79 Å². The summed E-state index contributed by atoms with van der Waals surface area (Å²) >= 11 is 0. The highest BCUT2D eigenvalue weighted by molar-refractivity contribution is 5.99. The van der Waals surface area contributed by atoms with Gasteiger partial charge in [0.25, 0.3) is 17.7 Å². The standard InChI is InChI=1S/C24H31N3O7/c1-4-5-6-7-12-33-18-10-8-16(9-11-18)23(29)26-27-24(30)17-13-19(31-2)22(20(14-17)32-3)34-15-21(25)28/h8-11,13-14H,4-7,12,15H2,1-3H3,(H2,25,28)(H,26,29)(H,27,30). The highest BCUT2D eigenvalue weighted by atomic mass is 16.5. The summed E-state index contributed by atoms with van der Waals surface area (Å²) < 4.78 is 21.4. The van der Waals surface area contributed by atoms with E-state index in [4.69, 9.17) is 24.7 Å². The molecular weight excluding hydrogens is 442 g/mol. The molecule has 0 aromatic heterocycles. The van der Waals surface area contributed by atoms with E-state index in [0.717, 1.165) is 19.3 Å². The van der Waals surface area contributed by atoms with Crippen LogP contribution in [0.5, 0.6) is 23.0 Å². The SMILES string of the molecule is CCCCCCOc1ccc(C(=O)NNC(=O)c2cc(OC)c(OCC(N)=O)c(OC)c2)cc1. The number of benzene rings is 2. The summed E-state index contributed by atoms with van der Waals surface area (Å²) in [5, 5.41) is 0. The largest absolute Gasteiger partial charge is 0.494 e. The fourth-order valence-corrected chi connectivity index (χ4v) is 2.98. The van der Waals surface area contributed by atoms with Crippen molar-refractivity contribution < 1.29 is 33.3 Å². The number of ether oxygens (including phenoxy) is 4. The van der Waals surface area contributed by atoms with Gasteiger partial charge in [0.15, 0.2) is 18.1 Å². The Bertz CT molecular complexity index is 952. The monoisotopic (exact) mass is 473 g/mol. The van der Waals surface area contributed by atoms with Gasteiger partial charge in [-0.25, -0.2) is 0 Å². The molecule has 3 amide bonds. The van der Waals surface area contributed by atoms with Crippen molar-refractivity contribution in [3.63, 3.8) is 0 Å². The lowest BCUT2D eigenvalue weighted by Gasteiger charge is -2.15. The van der Waals surface area contributed by atoms with Crippen LogP contribution in [0.15, 0.2) is 36.4 Å². The summed E-state index contributed by atoms with van der Waals surface area (Å²) in [6.07, 6.45) is 4.45. The number of nitrogens with two attached hydrogens (primary N) is 1. The molecule has 0 atom stereocenters. The highest BCUT2D eigenvalue weighted by Crippen LogP contribution is 2.38. The number of unbranched alkanes of at least 4 members (excludes halogenated alkanes) is 3. The number of methoxy groups -OCH3 is 2. The Kier molecular flexibility index (Phi) is 10.5. The Balaban J connectivity index is 1.96. The first kappa shape index (κ1) is 26.3. The molecule has 0 heterocycles. The third kappa shape index (κ3) is 7.88. The van der Waals surface area contributed by atoms with E-state index in [0.29, 0.717) is 17.9 Å². The summed E-state index contributed by atoms with van der Waals surface area (Å²) in [4.78, 5) is 36.0. The van der Waals surface area contributed by atoms with Crippen LogP contribution >= 0.6 is 0 Å². The molecule has 0 saturated heterocycles. The first-order chi connectivity index (χ1) is 16.4. The molecular formula is C24H31N3O7. The van der Waals surface area contributed by atoms with Gasteiger partial charge in [0.2, 0.25) is 5.75 Å². The molecule has 10 heteroatoms. The second kappa shape index (κ2) is 13.6. The van der Waals surface area contributed by atoms with Crippen molar-refractivity contribution in [2.75, 3.05) is 27.4 Å². The first-order valence-corrected chi connectivity index (χ1v) is 10.9. The molecule has 0 aliphatic rings. The Morgan fingerprint density at radius 2 is 1.41 bits per heavy atom. The van der Waals surface area contributed by atoms with Crippen molar-refractivity contribution in [3.8, 4) is 23.0 Å². The number of primary amides is 1. The molecule has 10 nitrogen and oxygen atoms in total. The Labute approximate surface area is 198 Å². The predicted molar refractivity (Wildman–Crippen MR) is 125 cm³/mol. The number of carbonyl (C=O) groups excluding carboxylic acids is 3. The van der Waals surface area contributed by atoms with Crippen LogP contribution in [0.4, 0.5) is 0 Å². The van der Waals surface area contributed by atoms with Crippen molar-refractivity contribution in [2.45, 2.75) is 32.6 Å². The maximum atomic E-state index is 12.6. The van der Waals surface area contributed by atoms with Gasteiger partial charge in [0.1, 0.15) is 5.75 Å². The van der Waals surface area contributed by atoms with Crippen molar-refractivity contribution >= 4 is 17.7 Å². The summed E-state index contributed by atoms with van der Waals surface area (Å²) in [5.41, 5.74) is 10.3. The summed E-state index contributed by atoms with van der Waals surface area (Å²) in [6.45, 7) is 2.39. The van der Waals surface area contributed by atoms with Crippen LogP contribution in [0, 0.1) is 0 Å². The third-order valence-corrected chi connectivity index (χ3v) is 4.75. The van der Waals surface area contributed by atoms with Crippen LogP contribution in [-0.4, -0.2) is 45.2 Å². The first-order valence-electron chi connectivity index (χ1n) is 10.9. The number of nitrogens with one attached hydrogen (secondary N) is 2. The van der Waals surface area contributed by atoms with Gasteiger partial charge in [-0.1, -0.05) is 26.2 Å². The minimum absolute atomic E-state index is 0.122. The van der Waals surface area contributed by atoms with Gasteiger partial charge < -0.3 is 24.7 Å². The number of amides is 3. The zero-order valence-electron chi connectivity index (χ0n) is 19.6. The molecule has 0 aliphatic carbocycles. The minimum atomic E-state index is -0.680. The van der Waals surface area contributed by atoms with E-state index in [1.807, 2.05) is 0 Å². The molecule has 34 heavy (non-hydrogen) atoms. The van der Waals surface area contributed by atoms with E-state index in [9.17, 15) is 14.4 Å². The summed E-state index contributed by atoms with van der Waals surface area (Å²) in [6, 6.07) is 9.40. The van der Waals surface area contributed by atoms with Crippen molar-refractivity contribution in [1.82, 2.24) is 10.9 Å². The molecule has 0 aliphatic heterocycles. The van der Waals surface area contributed by atoms with Gasteiger partial charge in [0, 0.05) is 11.1 Å². The van der Waals surface area contributed by atoms with Crippen LogP contribution < -0.4 is 35.5 Å². The second-order valence-electron chi connectivity index (χ2n) is 7.31. The van der Waals surface area contributed by atoms with E-state index in [2.05, 4.69) is 17.8 Å². The fraction of sp³-hybridized carbons (Fsp3) is 0.375. The van der Waals surface area contributed by atoms with Gasteiger partial charge in [-0.2, -0.15) is 0 Å². The van der Waals surface area contributed by atoms with Crippen LogP contribution in [0.1, 0.15) is 53.3 Å². The topological polar surface area (TPSA) is 138 Å². The number of rotatable bonds is 13. The molecule has 2 aromatic carbocycles. The molecule has 0 fully saturated rings. The molecule has 0 bridgehead atoms. The molecule has 4 N–H and O–H groups in total. The van der Waals surface area contributed by atoms with Crippen LogP contribution in [0.3, 0.4) is 0 Å². The maximum absolute atomic E-state index is 12.6. The molecule has 2 rings (SSSR count). The average Bonchev–Trinajstić information content (AvgIpc) is 2.85. The smallest absolute Gasteiger partial charge is 0.269 e. The Morgan fingerprint density at radius 1 is 0.824 bits per heavy atom. The predicted octanol–water partition coefficient (Wildman–Crippen LogP) is 2.60. The van der Waals surface area contributed by atoms with Crippen molar-refractivity contribution in [3.05, 3.63) is 47.5 Å². The van der Waals surface area contributed by atoms with E-state index < -0.39 is 24.3 Å². The lowest BCUT2D eigenvalue weighted by atomic mass is 10.1. The quantitative estimate of drug-likeness (QED) is 0.300. The minimum Gasteiger partial charge on any atom is -0.494 e. The van der Waals surface area contributed by atoms with E-state index in [1.165, 1.54) is 32.8 Å². The maximum Gasteiger partial charge on any atom is 0.269 e. The van der Waals surface area contributed by atoms with Crippen LogP contribution in [0.2, 0.25) is 0 Å². The number of carbonyl (C=O) groups is 3. The van der Waals surface area contributed by atoms with Gasteiger partial charge in [-0.3, -0.25) is 25.2 Å². The summed E-state index contributed by atoms with van der Waals surface area (Å²) in [5.74, 6) is -0.682. The van der Waals surface area contributed by atoms with E-state index >= 15 is 0 Å². The Morgan fingerprint density at radius 3 is 1.94 bits per heavy atom. The second-order valence-corrected chi connectivity index (χ2v) is 7.31. The molecule has 0 spiro atoms. The lowest BCUT2D eigenvalue weighted by molar-refractivity contribution is -0.120. The van der Waals surface area contributed by atoms with Crippen LogP contribution in [0.25, 0.3) is 0 Å². The van der Waals surface area contributed by atoms with Crippen molar-refractivity contribution in [1.29, 1.82) is 0 Å². The number of hydrazine groups is 1. The third-order valence-electron chi connectivity index (χ3n) is 4.75. The van der Waals surface area contributed by atoms with Crippen molar-refractivity contribution in [2.24, 2.45) is 5.73 Å². The van der Waals surface area contributed by atoms with Gasteiger partial charge in [-0.05, 0) is 42.8 Å². The number of hydrogen-bond acceptors (Lipinski definition) is 7. The highest BCUT2D eigenvalue weighted by Gasteiger charge is 2.19. The zero-order valence-corrected chi connectivity index (χ0v) is 19.6. The normalized spacial score (nSPS) is 10.2. The molecule has 184 valence electrons. The van der Waals surface area contributed by atoms with Gasteiger partial charge >= 0.3 is 0 Å². The van der Waals surface area contributed by atoms with Gasteiger partial charge in [-0.15, -0.1) is 0 Å².